The van der Waals surface area contributed by atoms with E-state index in [0.29, 0.717) is 6.71 Å². The number of nitrogens with zero attached hydrogens (tertiary/aromatic N) is 2. The van der Waals surface area contributed by atoms with E-state index in [1.54, 1.807) is 0 Å². The smallest absolute Gasteiger partial charge is 0.241 e. The van der Waals surface area contributed by atoms with Gasteiger partial charge in [-0.05, 0) is 18.1 Å². The van der Waals surface area contributed by atoms with E-state index in [1.165, 1.54) is 38.3 Å². The fourth-order valence-corrected chi connectivity index (χ4v) is 8.50. The molecule has 0 N–H and O–H groups in total. The van der Waals surface area contributed by atoms with Crippen LogP contribution in [0.3, 0.4) is 0 Å². The standard InChI is InChI=1S/C23H22N2Si.C18H15B/c1-19-12-14-22(15-13-19)26-23(25-17-16-24-18-25,20-8-4-2-5-9-20)21-10-6-3-7-11-21;1-4-10-16(11-5-1)19(17-12-6-2-7-13-17)18-14-8-3-9-15-18/h2-18H,26H2,1H3;1-15H. The maximum atomic E-state index is 4.38. The van der Waals surface area contributed by atoms with E-state index < -0.39 is 9.52 Å². The molecule has 218 valence electrons. The van der Waals surface area contributed by atoms with Crippen LogP contribution in [0, 0.1) is 6.92 Å². The molecule has 0 bridgehead atoms. The number of aryl methyl sites for hydroxylation is 1. The highest BCUT2D eigenvalue weighted by Crippen LogP contribution is 2.33. The Labute approximate surface area is 270 Å². The van der Waals surface area contributed by atoms with E-state index in [2.05, 4.69) is 199 Å². The van der Waals surface area contributed by atoms with E-state index in [4.69, 9.17) is 0 Å². The lowest BCUT2D eigenvalue weighted by molar-refractivity contribution is 0.596. The zero-order valence-corrected chi connectivity index (χ0v) is 27.1. The van der Waals surface area contributed by atoms with Crippen LogP contribution in [-0.4, -0.2) is 25.8 Å². The molecule has 6 aromatic carbocycles. The lowest BCUT2D eigenvalue weighted by Crippen LogP contribution is -2.51. The van der Waals surface area contributed by atoms with Crippen molar-refractivity contribution in [3.8, 4) is 0 Å². The summed E-state index contributed by atoms with van der Waals surface area (Å²) in [5.74, 6) is 0. The normalized spacial score (nSPS) is 11.1. The van der Waals surface area contributed by atoms with Gasteiger partial charge in [-0.2, -0.15) is 0 Å². The molecule has 0 unspecified atom stereocenters. The fraction of sp³-hybridized carbons (Fsp3) is 0.0488. The number of benzene rings is 6. The summed E-state index contributed by atoms with van der Waals surface area (Å²) in [5, 5.41) is 1.24. The van der Waals surface area contributed by atoms with Crippen molar-refractivity contribution in [1.29, 1.82) is 0 Å². The van der Waals surface area contributed by atoms with E-state index in [0.717, 1.165) is 0 Å². The Hall–Kier alpha value is -5.19. The third kappa shape index (κ3) is 6.98. The second-order valence-electron chi connectivity index (χ2n) is 11.4. The van der Waals surface area contributed by atoms with Crippen LogP contribution < -0.4 is 21.6 Å². The first-order chi connectivity index (χ1) is 22.2. The van der Waals surface area contributed by atoms with Crippen LogP contribution in [0.1, 0.15) is 16.7 Å². The van der Waals surface area contributed by atoms with Crippen LogP contribution in [0.5, 0.6) is 0 Å². The van der Waals surface area contributed by atoms with Gasteiger partial charge in [0.2, 0.25) is 6.71 Å². The number of rotatable bonds is 8. The van der Waals surface area contributed by atoms with Gasteiger partial charge in [0, 0.05) is 12.4 Å². The molecule has 0 fully saturated rings. The predicted molar refractivity (Wildman–Crippen MR) is 195 cm³/mol. The third-order valence-electron chi connectivity index (χ3n) is 8.43. The van der Waals surface area contributed by atoms with Crippen LogP contribution >= 0.6 is 0 Å². The van der Waals surface area contributed by atoms with Gasteiger partial charge in [-0.1, -0.05) is 203 Å². The monoisotopic (exact) mass is 596 g/mol. The van der Waals surface area contributed by atoms with Gasteiger partial charge in [-0.15, -0.1) is 0 Å². The van der Waals surface area contributed by atoms with Gasteiger partial charge in [0.05, 0.1) is 21.0 Å². The summed E-state index contributed by atoms with van der Waals surface area (Å²) >= 11 is 0. The molecule has 45 heavy (non-hydrogen) atoms. The molecule has 0 atom stereocenters. The zero-order valence-electron chi connectivity index (χ0n) is 25.7. The Morgan fingerprint density at radius 3 is 1.29 bits per heavy atom. The van der Waals surface area contributed by atoms with Crippen molar-refractivity contribution in [2.75, 3.05) is 0 Å². The maximum Gasteiger partial charge on any atom is 0.241 e. The van der Waals surface area contributed by atoms with Crippen LogP contribution in [-0.2, 0) is 5.16 Å². The molecule has 7 aromatic rings. The van der Waals surface area contributed by atoms with E-state index in [9.17, 15) is 0 Å². The predicted octanol–water partition coefficient (Wildman–Crippen LogP) is 5.64. The van der Waals surface area contributed by atoms with Crippen LogP contribution in [0.2, 0.25) is 0 Å². The molecule has 0 saturated heterocycles. The number of aromatic nitrogens is 2. The maximum absolute atomic E-state index is 4.38. The van der Waals surface area contributed by atoms with Crippen LogP contribution in [0.25, 0.3) is 0 Å². The molecule has 0 saturated carbocycles. The summed E-state index contributed by atoms with van der Waals surface area (Å²) in [7, 11) is -0.763. The number of hydrogen-bond donors (Lipinski definition) is 0. The Kier molecular flexibility index (Phi) is 9.64. The number of imidazole rings is 1. The summed E-state index contributed by atoms with van der Waals surface area (Å²) < 4.78 is 2.30. The highest BCUT2D eigenvalue weighted by atomic mass is 28.2. The molecule has 4 heteroatoms. The zero-order chi connectivity index (χ0) is 30.7. The fourth-order valence-electron chi connectivity index (χ4n) is 6.19. The van der Waals surface area contributed by atoms with Crippen molar-refractivity contribution < 1.29 is 0 Å². The molecule has 1 aromatic heterocycles. The minimum atomic E-state index is -0.763. The Morgan fingerprint density at radius 2 is 0.911 bits per heavy atom. The van der Waals surface area contributed by atoms with Crippen molar-refractivity contribution >= 4 is 37.8 Å². The van der Waals surface area contributed by atoms with Crippen molar-refractivity contribution in [1.82, 2.24) is 9.55 Å². The summed E-state index contributed by atoms with van der Waals surface area (Å²) in [6.07, 6.45) is 5.94. The van der Waals surface area contributed by atoms with Gasteiger partial charge in [0.25, 0.3) is 0 Å². The average molecular weight is 597 g/mol. The minimum Gasteiger partial charge on any atom is -0.326 e. The minimum absolute atomic E-state index is 0.200. The van der Waals surface area contributed by atoms with E-state index in [1.807, 2.05) is 12.5 Å². The van der Waals surface area contributed by atoms with E-state index in [-0.39, 0.29) is 5.16 Å². The molecular weight excluding hydrogens is 559 g/mol. The molecular formula is C41H37BN2Si. The largest absolute Gasteiger partial charge is 0.326 e. The molecule has 2 nitrogen and oxygen atoms in total. The highest BCUT2D eigenvalue weighted by molar-refractivity contribution is 6.95. The van der Waals surface area contributed by atoms with Gasteiger partial charge < -0.3 is 4.57 Å². The first-order valence-corrected chi connectivity index (χ1v) is 17.0. The Balaban J connectivity index is 0.000000167. The van der Waals surface area contributed by atoms with Crippen molar-refractivity contribution in [3.63, 3.8) is 0 Å². The lowest BCUT2D eigenvalue weighted by Gasteiger charge is -2.37. The van der Waals surface area contributed by atoms with E-state index >= 15 is 0 Å². The Bertz CT molecular complexity index is 1710. The quantitative estimate of drug-likeness (QED) is 0.208. The molecule has 0 aliphatic heterocycles. The van der Waals surface area contributed by atoms with Crippen molar-refractivity contribution in [2.24, 2.45) is 0 Å². The van der Waals surface area contributed by atoms with Gasteiger partial charge >= 0.3 is 0 Å². The summed E-state index contributed by atoms with van der Waals surface area (Å²) in [5.41, 5.74) is 7.93. The lowest BCUT2D eigenvalue weighted by atomic mass is 9.37. The molecule has 7 rings (SSSR count). The molecule has 0 amide bonds. The first kappa shape index (κ1) is 29.9. The molecule has 0 spiro atoms. The van der Waals surface area contributed by atoms with Crippen molar-refractivity contribution in [3.05, 3.63) is 211 Å². The molecule has 1 heterocycles. The van der Waals surface area contributed by atoms with Crippen LogP contribution in [0.15, 0.2) is 195 Å². The van der Waals surface area contributed by atoms with Gasteiger partial charge in [0.1, 0.15) is 0 Å². The third-order valence-corrected chi connectivity index (χ3v) is 11.0. The summed E-state index contributed by atoms with van der Waals surface area (Å²) in [4.78, 5) is 4.38. The summed E-state index contributed by atoms with van der Waals surface area (Å²) in [6, 6.07) is 62.7. The van der Waals surface area contributed by atoms with Gasteiger partial charge in [-0.25, -0.2) is 4.98 Å². The van der Waals surface area contributed by atoms with Crippen molar-refractivity contribution in [2.45, 2.75) is 12.1 Å². The SMILES string of the molecule is Cc1ccc([SiH2]C(c2ccccc2)(c2ccccc2)n2ccnc2)cc1.c1ccc(B(c2ccccc2)c2ccccc2)cc1. The molecule has 0 aliphatic carbocycles. The van der Waals surface area contributed by atoms with Gasteiger partial charge in [0.15, 0.2) is 0 Å². The van der Waals surface area contributed by atoms with Crippen LogP contribution in [0.4, 0.5) is 0 Å². The number of hydrogen-bond acceptors (Lipinski definition) is 1. The first-order valence-electron chi connectivity index (χ1n) is 15.5. The summed E-state index contributed by atoms with van der Waals surface area (Å²) in [6.45, 7) is 2.45. The average Bonchev–Trinajstić information content (AvgIpc) is 3.67. The Morgan fingerprint density at radius 1 is 0.511 bits per heavy atom. The molecule has 0 aliphatic rings. The second kappa shape index (κ2) is 14.5. The second-order valence-corrected chi connectivity index (χ2v) is 13.6. The topological polar surface area (TPSA) is 17.8 Å². The van der Waals surface area contributed by atoms with Gasteiger partial charge in [-0.3, -0.25) is 0 Å². The highest BCUT2D eigenvalue weighted by Gasteiger charge is 2.36. The molecule has 0 radical (unpaired) electrons.